The quantitative estimate of drug-likeness (QED) is 0.540. The summed E-state index contributed by atoms with van der Waals surface area (Å²) < 4.78 is 12.6. The van der Waals surface area contributed by atoms with Crippen molar-refractivity contribution in [1.82, 2.24) is 25.0 Å². The number of para-hydroxylation sites is 2. The van der Waals surface area contributed by atoms with E-state index in [0.29, 0.717) is 41.2 Å². The van der Waals surface area contributed by atoms with Crippen molar-refractivity contribution < 1.29 is 14.1 Å². The Morgan fingerprint density at radius 2 is 2.07 bits per heavy atom. The van der Waals surface area contributed by atoms with Gasteiger partial charge in [-0.15, -0.1) is 0 Å². The molecular weight excluding hydrogens is 370 g/mol. The summed E-state index contributed by atoms with van der Waals surface area (Å²) in [6.45, 7) is 6.75. The number of rotatable bonds is 6. The molecule has 1 aromatic carbocycles. The third-order valence-electron chi connectivity index (χ3n) is 4.93. The largest absolute Gasteiger partial charge is 0.383 e. The average molecular weight is 393 g/mol. The number of pyridine rings is 1. The van der Waals surface area contributed by atoms with Gasteiger partial charge < -0.3 is 19.1 Å². The van der Waals surface area contributed by atoms with Crippen molar-refractivity contribution in [3.63, 3.8) is 0 Å². The van der Waals surface area contributed by atoms with Gasteiger partial charge in [-0.25, -0.2) is 9.97 Å². The van der Waals surface area contributed by atoms with E-state index in [-0.39, 0.29) is 11.9 Å². The molecule has 1 N–H and O–H groups in total. The van der Waals surface area contributed by atoms with Crippen molar-refractivity contribution in [2.24, 2.45) is 0 Å². The van der Waals surface area contributed by atoms with Crippen LogP contribution in [-0.2, 0) is 11.3 Å². The van der Waals surface area contributed by atoms with Crippen LogP contribution in [0.2, 0.25) is 0 Å². The smallest absolute Gasteiger partial charge is 0.258 e. The normalized spacial score (nSPS) is 12.6. The first-order valence-electron chi connectivity index (χ1n) is 9.48. The number of benzene rings is 1. The van der Waals surface area contributed by atoms with Crippen LogP contribution < -0.4 is 5.32 Å². The lowest BCUT2D eigenvalue weighted by Gasteiger charge is -2.16. The highest BCUT2D eigenvalue weighted by Crippen LogP contribution is 2.24. The van der Waals surface area contributed by atoms with Gasteiger partial charge in [0.25, 0.3) is 11.6 Å². The number of fused-ring (bicyclic) bond motifs is 2. The Morgan fingerprint density at radius 3 is 2.86 bits per heavy atom. The number of hydrogen-bond donors (Lipinski definition) is 1. The van der Waals surface area contributed by atoms with Crippen molar-refractivity contribution in [3.8, 4) is 0 Å². The molecule has 1 amide bonds. The van der Waals surface area contributed by atoms with Gasteiger partial charge in [0.05, 0.1) is 40.3 Å². The van der Waals surface area contributed by atoms with E-state index in [1.165, 1.54) is 0 Å². The van der Waals surface area contributed by atoms with E-state index in [0.717, 1.165) is 16.9 Å². The van der Waals surface area contributed by atoms with Gasteiger partial charge in [0.1, 0.15) is 5.82 Å². The molecule has 4 rings (SSSR count). The second kappa shape index (κ2) is 7.63. The molecule has 3 heterocycles. The van der Waals surface area contributed by atoms with Gasteiger partial charge in [-0.2, -0.15) is 0 Å². The highest BCUT2D eigenvalue weighted by atomic mass is 16.5. The Bertz CT molecular complexity index is 1190. The first-order chi connectivity index (χ1) is 14.0. The van der Waals surface area contributed by atoms with Gasteiger partial charge >= 0.3 is 0 Å². The van der Waals surface area contributed by atoms with E-state index in [1.807, 2.05) is 38.1 Å². The number of carbonyl (C=O) groups excluding carboxylic acids is 1. The van der Waals surface area contributed by atoms with Gasteiger partial charge in [0.15, 0.2) is 0 Å². The molecule has 0 fully saturated rings. The molecular formula is C21H23N5O3. The van der Waals surface area contributed by atoms with Gasteiger partial charge in [0, 0.05) is 19.3 Å². The van der Waals surface area contributed by atoms with Crippen molar-refractivity contribution in [3.05, 3.63) is 53.1 Å². The summed E-state index contributed by atoms with van der Waals surface area (Å²) >= 11 is 0. The second-order valence-corrected chi connectivity index (χ2v) is 7.06. The number of carbonyl (C=O) groups is 1. The Balaban J connectivity index is 1.69. The molecule has 0 unspecified atom stereocenters. The Morgan fingerprint density at radius 1 is 1.28 bits per heavy atom. The number of ether oxygens (including phenoxy) is 1. The van der Waals surface area contributed by atoms with Gasteiger partial charge in [0.2, 0.25) is 0 Å². The molecule has 3 aromatic heterocycles. The van der Waals surface area contributed by atoms with E-state index < -0.39 is 0 Å². The van der Waals surface area contributed by atoms with Crippen LogP contribution in [0, 0.1) is 13.8 Å². The number of nitrogens with zero attached hydrogens (tertiary/aromatic N) is 4. The molecule has 0 spiro atoms. The molecule has 0 saturated carbocycles. The molecule has 0 aliphatic rings. The van der Waals surface area contributed by atoms with Crippen molar-refractivity contribution in [2.75, 3.05) is 13.7 Å². The maximum atomic E-state index is 13.1. The zero-order chi connectivity index (χ0) is 20.5. The number of imidazole rings is 1. The van der Waals surface area contributed by atoms with Gasteiger partial charge in [-0.3, -0.25) is 4.79 Å². The minimum atomic E-state index is -0.310. The first kappa shape index (κ1) is 19.1. The van der Waals surface area contributed by atoms with Crippen LogP contribution in [0.25, 0.3) is 22.1 Å². The predicted octanol–water partition coefficient (Wildman–Crippen LogP) is 3.33. The Labute approximate surface area is 167 Å². The zero-order valence-electron chi connectivity index (χ0n) is 16.9. The molecule has 0 aliphatic heterocycles. The van der Waals surface area contributed by atoms with Crippen molar-refractivity contribution >= 4 is 28.0 Å². The molecule has 8 nitrogen and oxygen atoms in total. The molecule has 150 valence electrons. The van der Waals surface area contributed by atoms with E-state index in [9.17, 15) is 4.79 Å². The van der Waals surface area contributed by atoms with Gasteiger partial charge in [-0.05, 0) is 39.0 Å². The van der Waals surface area contributed by atoms with Crippen molar-refractivity contribution in [1.29, 1.82) is 0 Å². The van der Waals surface area contributed by atoms with Crippen LogP contribution in [0.15, 0.2) is 34.9 Å². The number of hydrogen-bond acceptors (Lipinski definition) is 6. The number of amides is 1. The third kappa shape index (κ3) is 3.47. The summed E-state index contributed by atoms with van der Waals surface area (Å²) in [6, 6.07) is 9.36. The maximum Gasteiger partial charge on any atom is 0.258 e. The standard InChI is InChI=1S/C21H23N5O3/c1-12-11-15(18-13(2)25-29-21(18)22-12)20(27)23-14(3)19-24-16-7-5-6-8-17(16)26(19)9-10-28-4/h5-8,11,14H,9-10H2,1-4H3,(H,23,27)/t14-/m1/s1. The summed E-state index contributed by atoms with van der Waals surface area (Å²) in [6.07, 6.45) is 0. The molecule has 0 bridgehead atoms. The second-order valence-electron chi connectivity index (χ2n) is 7.06. The lowest BCUT2D eigenvalue weighted by Crippen LogP contribution is -2.29. The third-order valence-corrected chi connectivity index (χ3v) is 4.93. The van der Waals surface area contributed by atoms with Crippen molar-refractivity contribution in [2.45, 2.75) is 33.4 Å². The maximum absolute atomic E-state index is 13.1. The van der Waals surface area contributed by atoms with Gasteiger partial charge in [-0.1, -0.05) is 17.3 Å². The van der Waals surface area contributed by atoms with Crippen LogP contribution in [0.3, 0.4) is 0 Å². The molecule has 8 heteroatoms. The minimum absolute atomic E-state index is 0.218. The molecule has 0 aliphatic carbocycles. The highest BCUT2D eigenvalue weighted by Gasteiger charge is 2.22. The topological polar surface area (TPSA) is 95.1 Å². The molecule has 0 radical (unpaired) electrons. The molecule has 4 aromatic rings. The SMILES string of the molecule is COCCn1c([C@@H](C)NC(=O)c2cc(C)nc3onc(C)c23)nc2ccccc21. The van der Waals surface area contributed by atoms with E-state index in [2.05, 4.69) is 20.0 Å². The Hall–Kier alpha value is -3.26. The minimum Gasteiger partial charge on any atom is -0.383 e. The monoisotopic (exact) mass is 393 g/mol. The number of nitrogens with one attached hydrogen (secondary N) is 1. The molecule has 1 atom stereocenters. The summed E-state index contributed by atoms with van der Waals surface area (Å²) in [5.74, 6) is 0.560. The fraction of sp³-hybridized carbons (Fsp3) is 0.333. The number of methoxy groups -OCH3 is 1. The van der Waals surface area contributed by atoms with Crippen LogP contribution in [-0.4, -0.2) is 39.3 Å². The average Bonchev–Trinajstić information content (AvgIpc) is 3.26. The number of aromatic nitrogens is 4. The summed E-state index contributed by atoms with van der Waals surface area (Å²) in [7, 11) is 1.67. The van der Waals surface area contributed by atoms with E-state index in [1.54, 1.807) is 20.1 Å². The predicted molar refractivity (Wildman–Crippen MR) is 109 cm³/mol. The van der Waals surface area contributed by atoms with Crippen LogP contribution in [0.4, 0.5) is 0 Å². The fourth-order valence-electron chi connectivity index (χ4n) is 3.58. The highest BCUT2D eigenvalue weighted by molar-refractivity contribution is 6.06. The van der Waals surface area contributed by atoms with E-state index >= 15 is 0 Å². The summed E-state index contributed by atoms with van der Waals surface area (Å²) in [4.78, 5) is 22.2. The fourth-order valence-corrected chi connectivity index (χ4v) is 3.58. The first-order valence-corrected chi connectivity index (χ1v) is 9.48. The van der Waals surface area contributed by atoms with E-state index in [4.69, 9.17) is 14.2 Å². The van der Waals surface area contributed by atoms with Crippen LogP contribution in [0.1, 0.15) is 40.5 Å². The lowest BCUT2D eigenvalue weighted by molar-refractivity contribution is 0.0938. The number of aryl methyl sites for hydroxylation is 2. The van der Waals surface area contributed by atoms with Crippen LogP contribution in [0.5, 0.6) is 0 Å². The molecule has 29 heavy (non-hydrogen) atoms. The zero-order valence-corrected chi connectivity index (χ0v) is 16.9. The summed E-state index contributed by atoms with van der Waals surface area (Å²) in [5.41, 5.74) is 4.09. The van der Waals surface area contributed by atoms with Crippen LogP contribution >= 0.6 is 0 Å². The molecule has 0 saturated heterocycles. The summed E-state index contributed by atoms with van der Waals surface area (Å²) in [5, 5.41) is 7.64. The lowest BCUT2D eigenvalue weighted by atomic mass is 10.1. The Kier molecular flexibility index (Phi) is 5.02.